The molecule has 0 spiro atoms. The van der Waals surface area contributed by atoms with Crippen LogP contribution in [-0.4, -0.2) is 70.0 Å². The molecular formula is C11H23N3O4S. The van der Waals surface area contributed by atoms with Crippen LogP contribution in [0.5, 0.6) is 0 Å². The fraction of sp³-hybridized carbons (Fsp3) is 0.909. The van der Waals surface area contributed by atoms with E-state index in [0.29, 0.717) is 45.7 Å². The number of piperazine rings is 1. The highest BCUT2D eigenvalue weighted by Gasteiger charge is 2.26. The zero-order valence-electron chi connectivity index (χ0n) is 11.6. The first-order valence-electron chi connectivity index (χ1n) is 6.53. The molecule has 0 bridgehead atoms. The second kappa shape index (κ2) is 7.78. The van der Waals surface area contributed by atoms with Gasteiger partial charge in [-0.15, -0.1) is 0 Å². The summed E-state index contributed by atoms with van der Waals surface area (Å²) in [6, 6.07) is 0. The van der Waals surface area contributed by atoms with Crippen molar-refractivity contribution in [3.8, 4) is 0 Å². The average molecular weight is 293 g/mol. The average Bonchev–Trinajstić information content (AvgIpc) is 2.43. The fourth-order valence-corrected chi connectivity index (χ4v) is 3.16. The van der Waals surface area contributed by atoms with E-state index in [-0.39, 0.29) is 5.97 Å². The molecule has 0 aromatic carbocycles. The maximum Gasteiger partial charge on any atom is 0.306 e. The molecule has 0 aromatic heterocycles. The molecule has 112 valence electrons. The van der Waals surface area contributed by atoms with Crippen LogP contribution in [0.2, 0.25) is 0 Å². The number of nitrogens with zero attached hydrogens (tertiary/aromatic N) is 2. The van der Waals surface area contributed by atoms with Crippen molar-refractivity contribution in [2.75, 3.05) is 46.4 Å². The monoisotopic (exact) mass is 293 g/mol. The molecule has 8 heteroatoms. The molecule has 19 heavy (non-hydrogen) atoms. The number of nitrogens with one attached hydrogen (secondary N) is 1. The lowest BCUT2D eigenvalue weighted by Gasteiger charge is -2.33. The number of esters is 1. The van der Waals surface area contributed by atoms with Crippen LogP contribution in [0.1, 0.15) is 19.8 Å². The van der Waals surface area contributed by atoms with Gasteiger partial charge in [0.05, 0.1) is 13.5 Å². The van der Waals surface area contributed by atoms with Crippen LogP contribution < -0.4 is 4.72 Å². The molecule has 0 unspecified atom stereocenters. The molecule has 1 N–H and O–H groups in total. The standard InChI is InChI=1S/C11H23N3O4S/c1-3-5-12-19(16,17)14-9-7-13(8-10-14)6-4-11(15)18-2/h12H,3-10H2,1-2H3. The van der Waals surface area contributed by atoms with E-state index in [1.807, 2.05) is 6.92 Å². The van der Waals surface area contributed by atoms with Gasteiger partial charge in [-0.25, -0.2) is 4.72 Å². The van der Waals surface area contributed by atoms with Gasteiger partial charge < -0.3 is 9.64 Å². The summed E-state index contributed by atoms with van der Waals surface area (Å²) < 4.78 is 32.4. The van der Waals surface area contributed by atoms with Crippen molar-refractivity contribution >= 4 is 16.2 Å². The second-order valence-electron chi connectivity index (χ2n) is 4.47. The van der Waals surface area contributed by atoms with Crippen molar-refractivity contribution in [2.24, 2.45) is 0 Å². The lowest BCUT2D eigenvalue weighted by atomic mass is 10.3. The molecule has 1 fully saturated rings. The normalized spacial score (nSPS) is 18.4. The predicted molar refractivity (Wildman–Crippen MR) is 71.9 cm³/mol. The summed E-state index contributed by atoms with van der Waals surface area (Å²) in [5.41, 5.74) is 0. The van der Waals surface area contributed by atoms with E-state index >= 15 is 0 Å². The quantitative estimate of drug-likeness (QED) is 0.635. The van der Waals surface area contributed by atoms with E-state index < -0.39 is 10.2 Å². The maximum atomic E-state index is 11.9. The topological polar surface area (TPSA) is 79.0 Å². The third-order valence-corrected chi connectivity index (χ3v) is 4.68. The van der Waals surface area contributed by atoms with Crippen LogP contribution >= 0.6 is 0 Å². The van der Waals surface area contributed by atoms with Crippen LogP contribution in [0.4, 0.5) is 0 Å². The zero-order chi connectivity index (χ0) is 14.3. The minimum atomic E-state index is -3.34. The van der Waals surface area contributed by atoms with Crippen molar-refractivity contribution in [2.45, 2.75) is 19.8 Å². The van der Waals surface area contributed by atoms with Gasteiger partial charge in [-0.05, 0) is 6.42 Å². The molecule has 1 aliphatic heterocycles. The molecule has 7 nitrogen and oxygen atoms in total. The summed E-state index contributed by atoms with van der Waals surface area (Å²) in [6.45, 7) is 5.20. The smallest absolute Gasteiger partial charge is 0.306 e. The van der Waals surface area contributed by atoms with Crippen molar-refractivity contribution in [1.29, 1.82) is 0 Å². The lowest BCUT2D eigenvalue weighted by molar-refractivity contribution is -0.141. The first-order valence-corrected chi connectivity index (χ1v) is 7.97. The summed E-state index contributed by atoms with van der Waals surface area (Å²) in [5, 5.41) is 0. The third kappa shape index (κ3) is 5.43. The minimum Gasteiger partial charge on any atom is -0.469 e. The van der Waals surface area contributed by atoms with E-state index in [1.54, 1.807) is 0 Å². The van der Waals surface area contributed by atoms with Gasteiger partial charge in [0.1, 0.15) is 0 Å². The molecule has 1 saturated heterocycles. The van der Waals surface area contributed by atoms with E-state index in [0.717, 1.165) is 6.42 Å². The fourth-order valence-electron chi connectivity index (χ4n) is 1.87. The van der Waals surface area contributed by atoms with Crippen molar-refractivity contribution in [1.82, 2.24) is 13.9 Å². The Kier molecular flexibility index (Phi) is 6.70. The van der Waals surface area contributed by atoms with Gasteiger partial charge in [-0.3, -0.25) is 4.79 Å². The Balaban J connectivity index is 2.34. The SMILES string of the molecule is CCCNS(=O)(=O)N1CCN(CCC(=O)OC)CC1. The van der Waals surface area contributed by atoms with Crippen LogP contribution in [0.15, 0.2) is 0 Å². The molecule has 1 rings (SSSR count). The molecular weight excluding hydrogens is 270 g/mol. The summed E-state index contributed by atoms with van der Waals surface area (Å²) in [7, 11) is -1.97. The van der Waals surface area contributed by atoms with Gasteiger partial charge >= 0.3 is 5.97 Å². The highest BCUT2D eigenvalue weighted by Crippen LogP contribution is 2.06. The first kappa shape index (κ1) is 16.4. The second-order valence-corrected chi connectivity index (χ2v) is 6.22. The Bertz CT molecular complexity index is 377. The zero-order valence-corrected chi connectivity index (χ0v) is 12.4. The predicted octanol–water partition coefficient (Wildman–Crippen LogP) is -0.588. The summed E-state index contributed by atoms with van der Waals surface area (Å²) in [5.74, 6) is -0.236. The Morgan fingerprint density at radius 2 is 1.89 bits per heavy atom. The van der Waals surface area contributed by atoms with Crippen molar-refractivity contribution in [3.63, 3.8) is 0 Å². The Morgan fingerprint density at radius 3 is 2.42 bits per heavy atom. The van der Waals surface area contributed by atoms with E-state index in [4.69, 9.17) is 0 Å². The van der Waals surface area contributed by atoms with Crippen LogP contribution in [0.3, 0.4) is 0 Å². The highest BCUT2D eigenvalue weighted by molar-refractivity contribution is 7.87. The van der Waals surface area contributed by atoms with Crippen LogP contribution in [0, 0.1) is 0 Å². The molecule has 0 aromatic rings. The Hall–Kier alpha value is -0.700. The number of hydrogen-bond donors (Lipinski definition) is 1. The summed E-state index contributed by atoms with van der Waals surface area (Å²) in [6.07, 6.45) is 1.12. The summed E-state index contributed by atoms with van der Waals surface area (Å²) in [4.78, 5) is 13.1. The summed E-state index contributed by atoms with van der Waals surface area (Å²) >= 11 is 0. The number of hydrogen-bond acceptors (Lipinski definition) is 5. The number of ether oxygens (including phenoxy) is 1. The van der Waals surface area contributed by atoms with E-state index in [9.17, 15) is 13.2 Å². The highest BCUT2D eigenvalue weighted by atomic mass is 32.2. The number of rotatable bonds is 7. The van der Waals surface area contributed by atoms with Gasteiger partial charge in [0.25, 0.3) is 10.2 Å². The maximum absolute atomic E-state index is 11.9. The van der Waals surface area contributed by atoms with E-state index in [2.05, 4.69) is 14.4 Å². The van der Waals surface area contributed by atoms with Gasteiger partial charge in [0, 0.05) is 39.3 Å². The van der Waals surface area contributed by atoms with Gasteiger partial charge in [0.2, 0.25) is 0 Å². The van der Waals surface area contributed by atoms with Crippen molar-refractivity contribution < 1.29 is 17.9 Å². The minimum absolute atomic E-state index is 0.236. The molecule has 0 aliphatic carbocycles. The molecule has 0 saturated carbocycles. The number of carbonyl (C=O) groups is 1. The molecule has 0 atom stereocenters. The van der Waals surface area contributed by atoms with E-state index in [1.165, 1.54) is 11.4 Å². The number of methoxy groups -OCH3 is 1. The molecule has 0 amide bonds. The Labute approximate surface area is 115 Å². The van der Waals surface area contributed by atoms with Gasteiger partial charge in [-0.1, -0.05) is 6.92 Å². The van der Waals surface area contributed by atoms with Gasteiger partial charge in [-0.2, -0.15) is 12.7 Å². The third-order valence-electron chi connectivity index (χ3n) is 3.07. The van der Waals surface area contributed by atoms with Crippen molar-refractivity contribution in [3.05, 3.63) is 0 Å². The lowest BCUT2D eigenvalue weighted by Crippen LogP contribution is -2.52. The number of carbonyl (C=O) groups excluding carboxylic acids is 1. The molecule has 0 radical (unpaired) electrons. The largest absolute Gasteiger partial charge is 0.469 e. The Morgan fingerprint density at radius 1 is 1.26 bits per heavy atom. The van der Waals surface area contributed by atoms with Crippen LogP contribution in [-0.2, 0) is 19.7 Å². The van der Waals surface area contributed by atoms with Crippen LogP contribution in [0.25, 0.3) is 0 Å². The molecule has 1 heterocycles. The van der Waals surface area contributed by atoms with Gasteiger partial charge in [0.15, 0.2) is 0 Å². The molecule has 1 aliphatic rings. The first-order chi connectivity index (χ1) is 8.99.